The quantitative estimate of drug-likeness (QED) is 0.835. The average molecular weight is 318 g/mol. The maximum absolute atomic E-state index is 12.5. The van der Waals surface area contributed by atoms with E-state index in [1.54, 1.807) is 0 Å². The number of carbonyl (C=O) groups is 1. The van der Waals surface area contributed by atoms with Gasteiger partial charge in [0, 0.05) is 24.5 Å². The molecule has 0 radical (unpaired) electrons. The Morgan fingerprint density at radius 1 is 1.45 bits per heavy atom. The van der Waals surface area contributed by atoms with Gasteiger partial charge in [0.25, 0.3) is 0 Å². The van der Waals surface area contributed by atoms with E-state index in [2.05, 4.69) is 10.1 Å². The van der Waals surface area contributed by atoms with Crippen molar-refractivity contribution in [2.45, 2.75) is 23.8 Å². The Balaban J connectivity index is 2.14. The molecule has 0 amide bonds. The van der Waals surface area contributed by atoms with Gasteiger partial charge in [-0.3, -0.25) is 0 Å². The van der Waals surface area contributed by atoms with Gasteiger partial charge in [0.1, 0.15) is 4.88 Å². The van der Waals surface area contributed by atoms with Gasteiger partial charge in [-0.15, -0.1) is 11.3 Å². The highest BCUT2D eigenvalue weighted by Gasteiger charge is 2.30. The first-order valence-electron chi connectivity index (χ1n) is 6.33. The molecule has 20 heavy (non-hydrogen) atoms. The number of sulfonamides is 1. The van der Waals surface area contributed by atoms with Crippen LogP contribution in [0.5, 0.6) is 0 Å². The normalized spacial score (nSPS) is 18.1. The third-order valence-corrected chi connectivity index (χ3v) is 6.40. The number of ether oxygens (including phenoxy) is 1. The summed E-state index contributed by atoms with van der Waals surface area (Å²) in [5.74, 6) is -0.509. The monoisotopic (exact) mass is 318 g/mol. The summed E-state index contributed by atoms with van der Waals surface area (Å²) in [6.45, 7) is 0.995. The number of hydrogen-bond donors (Lipinski definition) is 1. The first-order chi connectivity index (χ1) is 9.48. The molecule has 2 rings (SSSR count). The van der Waals surface area contributed by atoms with E-state index in [1.165, 1.54) is 22.9 Å². The number of carbonyl (C=O) groups excluding carboxylic acids is 1. The summed E-state index contributed by atoms with van der Waals surface area (Å²) in [5.41, 5.74) is 0. The predicted octanol–water partition coefficient (Wildman–Crippen LogP) is 0.907. The van der Waals surface area contributed by atoms with Crippen LogP contribution in [-0.4, -0.2) is 52.0 Å². The number of thiophene rings is 1. The largest absolute Gasteiger partial charge is 0.465 e. The molecule has 0 unspecified atom stereocenters. The van der Waals surface area contributed by atoms with Crippen LogP contribution < -0.4 is 5.32 Å². The zero-order valence-corrected chi connectivity index (χ0v) is 13.1. The lowest BCUT2D eigenvalue weighted by Crippen LogP contribution is -2.43. The summed E-state index contributed by atoms with van der Waals surface area (Å²) < 4.78 is 31.0. The highest BCUT2D eigenvalue weighted by Crippen LogP contribution is 2.25. The molecule has 1 N–H and O–H groups in total. The Labute approximate surface area is 122 Å². The fourth-order valence-corrected chi connectivity index (χ4v) is 4.84. The molecule has 8 heteroatoms. The Bertz CT molecular complexity index is 574. The van der Waals surface area contributed by atoms with Crippen molar-refractivity contribution < 1.29 is 17.9 Å². The van der Waals surface area contributed by atoms with E-state index in [1.807, 2.05) is 7.05 Å². The predicted molar refractivity (Wildman–Crippen MR) is 76.5 cm³/mol. The third-order valence-electron chi connectivity index (χ3n) is 3.46. The van der Waals surface area contributed by atoms with Crippen LogP contribution in [0.1, 0.15) is 22.5 Å². The average Bonchev–Trinajstić information content (AvgIpc) is 2.97. The number of methoxy groups -OCH3 is 1. The van der Waals surface area contributed by atoms with Crippen LogP contribution in [0.4, 0.5) is 0 Å². The molecule has 1 aromatic rings. The molecule has 6 nitrogen and oxygen atoms in total. The zero-order chi connectivity index (χ0) is 14.8. The van der Waals surface area contributed by atoms with E-state index < -0.39 is 16.0 Å². The van der Waals surface area contributed by atoms with E-state index in [-0.39, 0.29) is 4.90 Å². The Hall–Kier alpha value is -0.960. The molecule has 0 aromatic carbocycles. The number of piperidine rings is 1. The number of nitrogens with one attached hydrogen (secondary N) is 1. The first kappa shape index (κ1) is 15.4. The maximum Gasteiger partial charge on any atom is 0.348 e. The minimum atomic E-state index is -3.51. The second-order valence-electron chi connectivity index (χ2n) is 4.61. The van der Waals surface area contributed by atoms with Crippen molar-refractivity contribution in [3.05, 3.63) is 16.3 Å². The van der Waals surface area contributed by atoms with E-state index in [0.29, 0.717) is 24.0 Å². The topological polar surface area (TPSA) is 75.7 Å². The molecule has 2 heterocycles. The van der Waals surface area contributed by atoms with Crippen LogP contribution in [0.15, 0.2) is 16.3 Å². The van der Waals surface area contributed by atoms with Crippen molar-refractivity contribution in [2.24, 2.45) is 0 Å². The number of rotatable bonds is 4. The summed E-state index contributed by atoms with van der Waals surface area (Å²) in [6, 6.07) is 1.75. The van der Waals surface area contributed by atoms with E-state index in [4.69, 9.17) is 0 Å². The van der Waals surface area contributed by atoms with Gasteiger partial charge in [-0.25, -0.2) is 13.2 Å². The van der Waals surface area contributed by atoms with E-state index >= 15 is 0 Å². The van der Waals surface area contributed by atoms with Crippen molar-refractivity contribution in [3.63, 3.8) is 0 Å². The maximum atomic E-state index is 12.5. The minimum Gasteiger partial charge on any atom is -0.465 e. The first-order valence-corrected chi connectivity index (χ1v) is 8.65. The van der Waals surface area contributed by atoms with Crippen LogP contribution in [0.3, 0.4) is 0 Å². The molecular weight excluding hydrogens is 300 g/mol. The standard InChI is InChI=1S/C12H18N2O4S2/c1-13-9-3-5-14(6-4-9)20(16,17)10-7-11(19-8-10)12(15)18-2/h7-9,13H,3-6H2,1-2H3. The fraction of sp³-hybridized carbons (Fsp3) is 0.583. The number of nitrogens with zero attached hydrogens (tertiary/aromatic N) is 1. The van der Waals surface area contributed by atoms with Crippen molar-refractivity contribution in [1.82, 2.24) is 9.62 Å². The molecular formula is C12H18N2O4S2. The van der Waals surface area contributed by atoms with Crippen LogP contribution in [0.2, 0.25) is 0 Å². The molecule has 1 saturated heterocycles. The minimum absolute atomic E-state index is 0.172. The molecule has 0 saturated carbocycles. The smallest absolute Gasteiger partial charge is 0.348 e. The molecule has 1 aliphatic rings. The summed E-state index contributed by atoms with van der Waals surface area (Å²) in [7, 11) is -0.345. The van der Waals surface area contributed by atoms with Gasteiger partial charge in [0.15, 0.2) is 0 Å². The van der Waals surface area contributed by atoms with Crippen molar-refractivity contribution in [3.8, 4) is 0 Å². The van der Waals surface area contributed by atoms with Crippen molar-refractivity contribution in [2.75, 3.05) is 27.2 Å². The highest BCUT2D eigenvalue weighted by molar-refractivity contribution is 7.89. The molecule has 0 bridgehead atoms. The SMILES string of the molecule is CNC1CCN(S(=O)(=O)c2csc(C(=O)OC)c2)CC1. The third kappa shape index (κ3) is 3.03. The Morgan fingerprint density at radius 2 is 2.10 bits per heavy atom. The highest BCUT2D eigenvalue weighted by atomic mass is 32.2. The van der Waals surface area contributed by atoms with Crippen LogP contribution in [-0.2, 0) is 14.8 Å². The second-order valence-corrected chi connectivity index (χ2v) is 7.45. The van der Waals surface area contributed by atoms with E-state index in [9.17, 15) is 13.2 Å². The van der Waals surface area contributed by atoms with Gasteiger partial charge in [0.2, 0.25) is 10.0 Å². The second kappa shape index (κ2) is 6.21. The number of hydrogen-bond acceptors (Lipinski definition) is 6. The van der Waals surface area contributed by atoms with Gasteiger partial charge < -0.3 is 10.1 Å². The van der Waals surface area contributed by atoms with E-state index in [0.717, 1.165) is 24.2 Å². The Morgan fingerprint density at radius 3 is 2.65 bits per heavy atom. The molecule has 1 aromatic heterocycles. The van der Waals surface area contributed by atoms with Gasteiger partial charge in [-0.05, 0) is 26.0 Å². The lowest BCUT2D eigenvalue weighted by atomic mass is 10.1. The molecule has 1 aliphatic heterocycles. The summed E-state index contributed by atoms with van der Waals surface area (Å²) >= 11 is 1.09. The summed E-state index contributed by atoms with van der Waals surface area (Å²) in [4.78, 5) is 11.9. The molecule has 0 spiro atoms. The molecule has 112 valence electrons. The van der Waals surface area contributed by atoms with Crippen molar-refractivity contribution >= 4 is 27.3 Å². The molecule has 1 fully saturated rings. The van der Waals surface area contributed by atoms with Gasteiger partial charge in [-0.2, -0.15) is 4.31 Å². The van der Waals surface area contributed by atoms with Crippen molar-refractivity contribution in [1.29, 1.82) is 0 Å². The van der Waals surface area contributed by atoms with Crippen LogP contribution >= 0.6 is 11.3 Å². The lowest BCUT2D eigenvalue weighted by Gasteiger charge is -2.30. The summed E-state index contributed by atoms with van der Waals surface area (Å²) in [6.07, 6.45) is 1.59. The van der Waals surface area contributed by atoms with Crippen LogP contribution in [0, 0.1) is 0 Å². The number of esters is 1. The van der Waals surface area contributed by atoms with Crippen LogP contribution in [0.25, 0.3) is 0 Å². The zero-order valence-electron chi connectivity index (χ0n) is 11.5. The fourth-order valence-electron chi connectivity index (χ4n) is 2.20. The summed E-state index contributed by atoms with van der Waals surface area (Å²) in [5, 5.41) is 4.65. The van der Waals surface area contributed by atoms with Gasteiger partial charge >= 0.3 is 5.97 Å². The Kier molecular flexibility index (Phi) is 4.79. The van der Waals surface area contributed by atoms with Gasteiger partial charge in [0.05, 0.1) is 12.0 Å². The van der Waals surface area contributed by atoms with Gasteiger partial charge in [-0.1, -0.05) is 0 Å². The molecule has 0 atom stereocenters. The lowest BCUT2D eigenvalue weighted by molar-refractivity contribution is 0.0606. The molecule has 0 aliphatic carbocycles.